The van der Waals surface area contributed by atoms with Crippen LogP contribution in [0, 0.1) is 0 Å². The number of carbonyl (C=O) groups is 1. The summed E-state index contributed by atoms with van der Waals surface area (Å²) >= 11 is 1.62. The first kappa shape index (κ1) is 14.1. The van der Waals surface area contributed by atoms with Crippen molar-refractivity contribution in [1.82, 2.24) is 5.43 Å². The highest BCUT2D eigenvalue weighted by Gasteiger charge is 2.07. The number of hydrogen-bond donors (Lipinski definition) is 1. The number of hydrogen-bond acceptors (Lipinski definition) is 3. The predicted octanol–water partition coefficient (Wildman–Crippen LogP) is 3.36. The van der Waals surface area contributed by atoms with E-state index in [9.17, 15) is 4.79 Å². The Bertz CT molecular complexity index is 423. The minimum Gasteiger partial charge on any atom is -0.272 e. The third-order valence-electron chi connectivity index (χ3n) is 3.11. The Morgan fingerprint density at radius 3 is 2.63 bits per heavy atom. The Hall–Kier alpha value is -1.29. The number of thioether (sulfide) groups is 1. The van der Waals surface area contributed by atoms with Crippen molar-refractivity contribution < 1.29 is 4.79 Å². The first-order chi connectivity index (χ1) is 9.34. The third-order valence-corrected chi connectivity index (χ3v) is 4.12. The molecule has 1 amide bonds. The molecule has 19 heavy (non-hydrogen) atoms. The number of rotatable bonds is 5. The molecule has 1 aliphatic rings. The van der Waals surface area contributed by atoms with Gasteiger partial charge in [-0.15, -0.1) is 11.8 Å². The summed E-state index contributed by atoms with van der Waals surface area (Å²) in [6.45, 7) is 0. The molecule has 1 saturated carbocycles. The largest absolute Gasteiger partial charge is 0.272 e. The van der Waals surface area contributed by atoms with E-state index in [-0.39, 0.29) is 5.91 Å². The van der Waals surface area contributed by atoms with Gasteiger partial charge in [-0.05, 0) is 31.2 Å². The predicted molar refractivity (Wildman–Crippen MR) is 81.3 cm³/mol. The second-order valence-corrected chi connectivity index (χ2v) is 5.74. The number of amides is 1. The normalized spacial score (nSPS) is 15.1. The molecule has 2 rings (SSSR count). The van der Waals surface area contributed by atoms with Gasteiger partial charge in [-0.25, -0.2) is 5.43 Å². The topological polar surface area (TPSA) is 41.5 Å². The molecule has 4 heteroatoms. The minimum absolute atomic E-state index is 0.000922. The summed E-state index contributed by atoms with van der Waals surface area (Å²) in [5.41, 5.74) is 5.06. The van der Waals surface area contributed by atoms with Crippen LogP contribution in [0.15, 0.2) is 35.4 Å². The average Bonchev–Trinajstić information content (AvgIpc) is 2.47. The molecule has 0 aromatic heterocycles. The zero-order valence-electron chi connectivity index (χ0n) is 11.1. The maximum absolute atomic E-state index is 11.6. The number of hydrazone groups is 1. The SMILES string of the molecule is O=C(CSCc1ccccc1)NN=C1CCCCC1. The maximum atomic E-state index is 11.6. The van der Waals surface area contributed by atoms with E-state index in [1.165, 1.54) is 24.8 Å². The summed E-state index contributed by atoms with van der Waals surface area (Å²) < 4.78 is 0. The van der Waals surface area contributed by atoms with Gasteiger partial charge in [0.2, 0.25) is 5.91 Å². The third kappa shape index (κ3) is 5.47. The van der Waals surface area contributed by atoms with Gasteiger partial charge >= 0.3 is 0 Å². The van der Waals surface area contributed by atoms with Gasteiger partial charge in [-0.1, -0.05) is 36.8 Å². The Labute approximate surface area is 118 Å². The summed E-state index contributed by atoms with van der Waals surface area (Å²) in [6, 6.07) is 10.2. The summed E-state index contributed by atoms with van der Waals surface area (Å²) in [5.74, 6) is 1.33. The number of nitrogens with one attached hydrogen (secondary N) is 1. The highest BCUT2D eigenvalue weighted by molar-refractivity contribution is 7.99. The summed E-state index contributed by atoms with van der Waals surface area (Å²) in [6.07, 6.45) is 5.78. The van der Waals surface area contributed by atoms with Crippen LogP contribution in [0.2, 0.25) is 0 Å². The van der Waals surface area contributed by atoms with Crippen molar-refractivity contribution in [2.75, 3.05) is 5.75 Å². The molecule has 0 radical (unpaired) electrons. The molecule has 1 aromatic carbocycles. The van der Waals surface area contributed by atoms with E-state index >= 15 is 0 Å². The van der Waals surface area contributed by atoms with Crippen molar-refractivity contribution in [3.63, 3.8) is 0 Å². The van der Waals surface area contributed by atoms with E-state index in [2.05, 4.69) is 22.7 Å². The molecule has 1 N–H and O–H groups in total. The van der Waals surface area contributed by atoms with Crippen LogP contribution in [0.4, 0.5) is 0 Å². The van der Waals surface area contributed by atoms with Crippen LogP contribution in [0.3, 0.4) is 0 Å². The fourth-order valence-electron chi connectivity index (χ4n) is 2.08. The molecule has 0 atom stereocenters. The van der Waals surface area contributed by atoms with Gasteiger partial charge in [0.15, 0.2) is 0 Å². The van der Waals surface area contributed by atoms with E-state index in [1.54, 1.807) is 11.8 Å². The summed E-state index contributed by atoms with van der Waals surface area (Å²) in [7, 11) is 0. The van der Waals surface area contributed by atoms with Crippen molar-refractivity contribution in [3.8, 4) is 0 Å². The molecule has 1 aromatic rings. The van der Waals surface area contributed by atoms with Crippen LogP contribution in [0.25, 0.3) is 0 Å². The standard InChI is InChI=1S/C15H20N2OS/c18-15(17-16-14-9-5-2-6-10-14)12-19-11-13-7-3-1-4-8-13/h1,3-4,7-8H,2,5-6,9-12H2,(H,17,18). The average molecular weight is 276 g/mol. The van der Waals surface area contributed by atoms with E-state index in [1.807, 2.05) is 18.2 Å². The molecule has 0 aliphatic heterocycles. The Kier molecular flexibility index (Phi) is 5.95. The molecule has 1 aliphatic carbocycles. The lowest BCUT2D eigenvalue weighted by atomic mass is 9.99. The van der Waals surface area contributed by atoms with Gasteiger partial charge in [-0.2, -0.15) is 5.10 Å². The molecule has 1 fully saturated rings. The van der Waals surface area contributed by atoms with Crippen molar-refractivity contribution in [2.24, 2.45) is 5.10 Å². The first-order valence-corrected chi connectivity index (χ1v) is 7.96. The monoisotopic (exact) mass is 276 g/mol. The first-order valence-electron chi connectivity index (χ1n) is 6.80. The fourth-order valence-corrected chi connectivity index (χ4v) is 2.86. The van der Waals surface area contributed by atoms with Gasteiger partial charge in [0, 0.05) is 11.5 Å². The molecule has 3 nitrogen and oxygen atoms in total. The lowest BCUT2D eigenvalue weighted by molar-refractivity contribution is -0.118. The van der Waals surface area contributed by atoms with Crippen molar-refractivity contribution in [2.45, 2.75) is 37.9 Å². The van der Waals surface area contributed by atoms with Gasteiger partial charge in [0.1, 0.15) is 0 Å². The maximum Gasteiger partial charge on any atom is 0.250 e. The molecule has 0 spiro atoms. The second-order valence-electron chi connectivity index (χ2n) is 4.75. The zero-order valence-corrected chi connectivity index (χ0v) is 11.9. The van der Waals surface area contributed by atoms with E-state index < -0.39 is 0 Å². The molecule has 0 unspecified atom stereocenters. The van der Waals surface area contributed by atoms with Gasteiger partial charge < -0.3 is 0 Å². The molecular formula is C15H20N2OS. The van der Waals surface area contributed by atoms with Crippen LogP contribution in [-0.4, -0.2) is 17.4 Å². The van der Waals surface area contributed by atoms with Crippen molar-refractivity contribution in [1.29, 1.82) is 0 Å². The van der Waals surface area contributed by atoms with Gasteiger partial charge in [0.05, 0.1) is 5.75 Å². The molecular weight excluding hydrogens is 256 g/mol. The van der Waals surface area contributed by atoms with Crippen molar-refractivity contribution in [3.05, 3.63) is 35.9 Å². The Morgan fingerprint density at radius 1 is 1.16 bits per heavy atom. The van der Waals surface area contributed by atoms with Crippen LogP contribution in [0.5, 0.6) is 0 Å². The van der Waals surface area contributed by atoms with Crippen LogP contribution >= 0.6 is 11.8 Å². The van der Waals surface area contributed by atoms with Gasteiger partial charge in [0.25, 0.3) is 0 Å². The minimum atomic E-state index is -0.000922. The van der Waals surface area contributed by atoms with Gasteiger partial charge in [-0.3, -0.25) is 4.79 Å². The van der Waals surface area contributed by atoms with E-state index in [0.29, 0.717) is 5.75 Å². The fraction of sp³-hybridized carbons (Fsp3) is 0.467. The van der Waals surface area contributed by atoms with Crippen LogP contribution < -0.4 is 5.43 Å². The molecule has 102 valence electrons. The number of carbonyl (C=O) groups excluding carboxylic acids is 1. The van der Waals surface area contributed by atoms with E-state index in [4.69, 9.17) is 0 Å². The highest BCUT2D eigenvalue weighted by Crippen LogP contribution is 2.14. The van der Waals surface area contributed by atoms with Crippen LogP contribution in [-0.2, 0) is 10.5 Å². The summed E-state index contributed by atoms with van der Waals surface area (Å²) in [5, 5.41) is 4.21. The lowest BCUT2D eigenvalue weighted by Gasteiger charge is -2.11. The number of nitrogens with zero attached hydrogens (tertiary/aromatic N) is 1. The molecule has 0 saturated heterocycles. The zero-order chi connectivity index (χ0) is 13.3. The molecule has 0 heterocycles. The summed E-state index contributed by atoms with van der Waals surface area (Å²) in [4.78, 5) is 11.6. The Morgan fingerprint density at radius 2 is 1.89 bits per heavy atom. The molecule has 0 bridgehead atoms. The number of benzene rings is 1. The Balaban J connectivity index is 1.64. The highest BCUT2D eigenvalue weighted by atomic mass is 32.2. The van der Waals surface area contributed by atoms with E-state index in [0.717, 1.165) is 24.3 Å². The lowest BCUT2D eigenvalue weighted by Crippen LogP contribution is -2.22. The quantitative estimate of drug-likeness (QED) is 0.838. The van der Waals surface area contributed by atoms with Crippen LogP contribution in [0.1, 0.15) is 37.7 Å². The smallest absolute Gasteiger partial charge is 0.250 e. The second kappa shape index (κ2) is 8.00. The van der Waals surface area contributed by atoms with Crippen molar-refractivity contribution >= 4 is 23.4 Å².